The predicted molar refractivity (Wildman–Crippen MR) is 113 cm³/mol. The lowest BCUT2D eigenvalue weighted by molar-refractivity contribution is 0.0595. The number of sulfonamides is 1. The molecule has 11 heteroatoms. The fraction of sp³-hybridized carbons (Fsp3) is 0.429. The van der Waals surface area contributed by atoms with E-state index < -0.39 is 33.5 Å². The van der Waals surface area contributed by atoms with Gasteiger partial charge in [-0.3, -0.25) is 4.79 Å². The third-order valence-corrected chi connectivity index (χ3v) is 9.38. The van der Waals surface area contributed by atoms with Crippen molar-refractivity contribution in [3.8, 4) is 0 Å². The van der Waals surface area contributed by atoms with Crippen LogP contribution in [0.2, 0.25) is 0 Å². The average Bonchev–Trinajstić information content (AvgIpc) is 3.20. The highest BCUT2D eigenvalue weighted by Gasteiger charge is 2.38. The average molecular weight is 485 g/mol. The van der Waals surface area contributed by atoms with Crippen molar-refractivity contribution in [1.29, 1.82) is 0 Å². The van der Waals surface area contributed by atoms with Gasteiger partial charge >= 0.3 is 5.97 Å². The molecule has 172 valence electrons. The van der Waals surface area contributed by atoms with Gasteiger partial charge in [-0.25, -0.2) is 22.0 Å². The standard InChI is InChI=1S/C21H22F2N2O5S2/c1-30-20(27)17-13-8-11-24(19(26)14-6-5-7-15(22)18(14)23)12-16(13)31-21(17)32(28,29)25-9-3-2-4-10-25/h5-7H,2-4,8-12H2,1H3. The van der Waals surface area contributed by atoms with Crippen molar-refractivity contribution in [2.24, 2.45) is 0 Å². The molecule has 3 heterocycles. The summed E-state index contributed by atoms with van der Waals surface area (Å²) in [5, 5.41) is 0. The van der Waals surface area contributed by atoms with E-state index in [0.29, 0.717) is 23.5 Å². The summed E-state index contributed by atoms with van der Waals surface area (Å²) in [6.07, 6.45) is 2.65. The van der Waals surface area contributed by atoms with Crippen molar-refractivity contribution >= 4 is 33.2 Å². The molecule has 7 nitrogen and oxygen atoms in total. The third-order valence-electron chi connectivity index (χ3n) is 5.77. The molecule has 0 aliphatic carbocycles. The molecule has 0 spiro atoms. The number of halogens is 2. The molecule has 1 amide bonds. The summed E-state index contributed by atoms with van der Waals surface area (Å²) in [5.41, 5.74) is 0.155. The Morgan fingerprint density at radius 3 is 2.50 bits per heavy atom. The molecule has 0 radical (unpaired) electrons. The van der Waals surface area contributed by atoms with E-state index in [4.69, 9.17) is 4.74 Å². The Labute approximate surface area is 188 Å². The van der Waals surface area contributed by atoms with E-state index in [1.807, 2.05) is 0 Å². The zero-order chi connectivity index (χ0) is 23.0. The van der Waals surface area contributed by atoms with Crippen LogP contribution in [0, 0.1) is 11.6 Å². The minimum absolute atomic E-state index is 0.00565. The van der Waals surface area contributed by atoms with Crippen molar-refractivity contribution < 1.29 is 31.5 Å². The molecular weight excluding hydrogens is 462 g/mol. The van der Waals surface area contributed by atoms with Gasteiger partial charge in [0.1, 0.15) is 4.21 Å². The molecule has 0 N–H and O–H groups in total. The van der Waals surface area contributed by atoms with Crippen LogP contribution in [0.25, 0.3) is 0 Å². The third kappa shape index (κ3) is 3.93. The van der Waals surface area contributed by atoms with E-state index in [0.717, 1.165) is 36.7 Å². The van der Waals surface area contributed by atoms with Gasteiger partial charge in [0.05, 0.1) is 24.8 Å². The van der Waals surface area contributed by atoms with E-state index in [2.05, 4.69) is 0 Å². The number of nitrogens with zero attached hydrogens (tertiary/aromatic N) is 2. The van der Waals surface area contributed by atoms with Crippen LogP contribution in [-0.4, -0.2) is 56.2 Å². The molecule has 32 heavy (non-hydrogen) atoms. The molecule has 0 unspecified atom stereocenters. The molecule has 1 fully saturated rings. The fourth-order valence-corrected chi connectivity index (χ4v) is 7.66. The summed E-state index contributed by atoms with van der Waals surface area (Å²) in [6, 6.07) is 3.39. The first-order valence-corrected chi connectivity index (χ1v) is 12.5. The fourth-order valence-electron chi connectivity index (χ4n) is 4.10. The maximum Gasteiger partial charge on any atom is 0.340 e. The highest BCUT2D eigenvalue weighted by atomic mass is 32.2. The number of thiophene rings is 1. The summed E-state index contributed by atoms with van der Waals surface area (Å²) in [4.78, 5) is 27.2. The summed E-state index contributed by atoms with van der Waals surface area (Å²) in [7, 11) is -2.72. The number of benzene rings is 1. The Morgan fingerprint density at radius 2 is 1.81 bits per heavy atom. The Balaban J connectivity index is 1.71. The SMILES string of the molecule is COC(=O)c1c(S(=O)(=O)N2CCCCC2)sc2c1CCN(C(=O)c1cccc(F)c1F)C2. The van der Waals surface area contributed by atoms with Crippen LogP contribution in [0.1, 0.15) is 50.4 Å². The van der Waals surface area contributed by atoms with Crippen LogP contribution in [0.4, 0.5) is 8.78 Å². The van der Waals surface area contributed by atoms with E-state index in [1.165, 1.54) is 28.4 Å². The van der Waals surface area contributed by atoms with Gasteiger partial charge < -0.3 is 9.64 Å². The normalized spacial score (nSPS) is 17.2. The van der Waals surface area contributed by atoms with Crippen LogP contribution in [0.5, 0.6) is 0 Å². The van der Waals surface area contributed by atoms with Gasteiger partial charge in [0.2, 0.25) is 0 Å². The lowest BCUT2D eigenvalue weighted by Crippen LogP contribution is -2.36. The highest BCUT2D eigenvalue weighted by molar-refractivity contribution is 7.91. The summed E-state index contributed by atoms with van der Waals surface area (Å²) < 4.78 is 60.5. The van der Waals surface area contributed by atoms with Crippen molar-refractivity contribution in [2.45, 2.75) is 36.4 Å². The van der Waals surface area contributed by atoms with Gasteiger partial charge in [0.25, 0.3) is 15.9 Å². The number of fused-ring (bicyclic) bond motifs is 1. The first kappa shape index (κ1) is 22.8. The summed E-state index contributed by atoms with van der Waals surface area (Å²) in [5.74, 6) is -3.78. The number of piperidine rings is 1. The smallest absolute Gasteiger partial charge is 0.340 e. The number of hydrogen-bond donors (Lipinski definition) is 0. The van der Waals surface area contributed by atoms with Gasteiger partial charge in [-0.05, 0) is 37.0 Å². The molecular formula is C21H22F2N2O5S2. The lowest BCUT2D eigenvalue weighted by Gasteiger charge is -2.27. The zero-order valence-corrected chi connectivity index (χ0v) is 19.0. The van der Waals surface area contributed by atoms with Crippen LogP contribution in [-0.2, 0) is 27.7 Å². The molecule has 0 atom stereocenters. The highest BCUT2D eigenvalue weighted by Crippen LogP contribution is 2.39. The monoisotopic (exact) mass is 484 g/mol. The Bertz CT molecular complexity index is 1170. The zero-order valence-electron chi connectivity index (χ0n) is 17.4. The quantitative estimate of drug-likeness (QED) is 0.623. The number of carbonyl (C=O) groups excluding carboxylic acids is 2. The minimum Gasteiger partial charge on any atom is -0.465 e. The first-order valence-electron chi connectivity index (χ1n) is 10.2. The van der Waals surface area contributed by atoms with Gasteiger partial charge in [0, 0.05) is 24.5 Å². The molecule has 1 saturated heterocycles. The number of carbonyl (C=O) groups is 2. The molecule has 0 saturated carbocycles. The van der Waals surface area contributed by atoms with Crippen molar-refractivity contribution in [3.63, 3.8) is 0 Å². The molecule has 1 aromatic carbocycles. The lowest BCUT2D eigenvalue weighted by atomic mass is 10.0. The van der Waals surface area contributed by atoms with Gasteiger partial charge in [-0.15, -0.1) is 11.3 Å². The van der Waals surface area contributed by atoms with Crippen LogP contribution < -0.4 is 0 Å². The van der Waals surface area contributed by atoms with Crippen molar-refractivity contribution in [3.05, 3.63) is 51.4 Å². The first-order chi connectivity index (χ1) is 15.3. The summed E-state index contributed by atoms with van der Waals surface area (Å²) >= 11 is 0.938. The largest absolute Gasteiger partial charge is 0.465 e. The number of rotatable bonds is 4. The molecule has 1 aromatic heterocycles. The second-order valence-electron chi connectivity index (χ2n) is 7.70. The van der Waals surface area contributed by atoms with E-state index in [-0.39, 0.29) is 34.8 Å². The Morgan fingerprint density at radius 1 is 1.09 bits per heavy atom. The second-order valence-corrected chi connectivity index (χ2v) is 10.9. The molecule has 4 rings (SSSR count). The Hall–Kier alpha value is -2.37. The maximum atomic E-state index is 14.1. The number of ether oxygens (including phenoxy) is 1. The van der Waals surface area contributed by atoms with E-state index >= 15 is 0 Å². The molecule has 0 bridgehead atoms. The van der Waals surface area contributed by atoms with Gasteiger partial charge in [-0.2, -0.15) is 4.31 Å². The second kappa shape index (κ2) is 8.87. The predicted octanol–water partition coefficient (Wildman–Crippen LogP) is 3.19. The van der Waals surface area contributed by atoms with E-state index in [9.17, 15) is 26.8 Å². The van der Waals surface area contributed by atoms with Gasteiger partial charge in [0.15, 0.2) is 11.6 Å². The van der Waals surface area contributed by atoms with Crippen molar-refractivity contribution in [1.82, 2.24) is 9.21 Å². The van der Waals surface area contributed by atoms with E-state index in [1.54, 1.807) is 0 Å². The minimum atomic E-state index is -3.91. The number of hydrogen-bond acceptors (Lipinski definition) is 6. The topological polar surface area (TPSA) is 84.0 Å². The summed E-state index contributed by atoms with van der Waals surface area (Å²) in [6.45, 7) is 0.893. The Kier molecular flexibility index (Phi) is 6.33. The van der Waals surface area contributed by atoms with Crippen molar-refractivity contribution in [2.75, 3.05) is 26.7 Å². The van der Waals surface area contributed by atoms with Crippen LogP contribution in [0.15, 0.2) is 22.4 Å². The molecule has 2 aliphatic rings. The van der Waals surface area contributed by atoms with Gasteiger partial charge in [-0.1, -0.05) is 12.5 Å². The number of esters is 1. The van der Waals surface area contributed by atoms with Crippen LogP contribution >= 0.6 is 11.3 Å². The maximum absolute atomic E-state index is 14.1. The van der Waals surface area contributed by atoms with Crippen LogP contribution in [0.3, 0.4) is 0 Å². The molecule has 2 aliphatic heterocycles. The number of methoxy groups -OCH3 is 1. The molecule has 2 aromatic rings. The number of amides is 1.